The second kappa shape index (κ2) is 4.82. The van der Waals surface area contributed by atoms with Crippen LogP contribution in [-0.2, 0) is 11.2 Å². The lowest BCUT2D eigenvalue weighted by atomic mass is 9.88. The van der Waals surface area contributed by atoms with Crippen LogP contribution in [0.2, 0.25) is 5.02 Å². The molecule has 2 aromatic rings. The van der Waals surface area contributed by atoms with Gasteiger partial charge in [0.2, 0.25) is 11.2 Å². The highest BCUT2D eigenvalue weighted by molar-refractivity contribution is 6.35. The van der Waals surface area contributed by atoms with Crippen molar-refractivity contribution in [2.75, 3.05) is 0 Å². The van der Waals surface area contributed by atoms with Gasteiger partial charge in [-0.2, -0.15) is 4.73 Å². The number of aromatic nitrogens is 1. The van der Waals surface area contributed by atoms with Gasteiger partial charge in [-0.3, -0.25) is 4.79 Å². The minimum absolute atomic E-state index is 0.0171. The third-order valence-corrected chi connectivity index (χ3v) is 3.43. The molecule has 19 heavy (non-hydrogen) atoms. The molecule has 1 heterocycles. The van der Waals surface area contributed by atoms with Gasteiger partial charge in [0.05, 0.1) is 16.8 Å². The number of benzene rings is 1. The van der Waals surface area contributed by atoms with Crippen LogP contribution in [0.15, 0.2) is 30.3 Å². The fourth-order valence-corrected chi connectivity index (χ4v) is 2.13. The molecule has 1 aromatic heterocycles. The number of pyridine rings is 1. The normalized spacial score (nSPS) is 11.8. The maximum Gasteiger partial charge on any atom is 0.225 e. The summed E-state index contributed by atoms with van der Waals surface area (Å²) in [5.74, 6) is 0.0171. The van der Waals surface area contributed by atoms with Crippen molar-refractivity contribution in [2.24, 2.45) is 5.41 Å². The van der Waals surface area contributed by atoms with E-state index in [1.165, 1.54) is 0 Å². The van der Waals surface area contributed by atoms with E-state index in [1.807, 2.05) is 26.8 Å². The van der Waals surface area contributed by atoms with Crippen LogP contribution in [0.1, 0.15) is 26.5 Å². The van der Waals surface area contributed by atoms with Gasteiger partial charge >= 0.3 is 0 Å². The summed E-state index contributed by atoms with van der Waals surface area (Å²) >= 11 is 6.17. The highest BCUT2D eigenvalue weighted by atomic mass is 35.5. The third kappa shape index (κ3) is 2.71. The quantitative estimate of drug-likeness (QED) is 0.624. The first-order valence-corrected chi connectivity index (χ1v) is 6.51. The molecule has 100 valence electrons. The topological polar surface area (TPSA) is 44.0 Å². The Balaban J connectivity index is 2.51. The van der Waals surface area contributed by atoms with Crippen LogP contribution < -0.4 is 4.73 Å². The Bertz CT molecular complexity index is 644. The van der Waals surface area contributed by atoms with Crippen molar-refractivity contribution in [3.63, 3.8) is 0 Å². The molecule has 3 nitrogen and oxygen atoms in total. The molecule has 0 fully saturated rings. The van der Waals surface area contributed by atoms with Crippen molar-refractivity contribution >= 4 is 28.3 Å². The monoisotopic (exact) mass is 277 g/mol. The zero-order valence-electron chi connectivity index (χ0n) is 11.2. The summed E-state index contributed by atoms with van der Waals surface area (Å²) in [6.45, 7) is 5.52. The van der Waals surface area contributed by atoms with Gasteiger partial charge in [0.1, 0.15) is 5.78 Å². The van der Waals surface area contributed by atoms with Gasteiger partial charge in [0.15, 0.2) is 0 Å². The van der Waals surface area contributed by atoms with Gasteiger partial charge in [-0.25, -0.2) is 0 Å². The zero-order valence-corrected chi connectivity index (χ0v) is 12.0. The second-order valence-corrected chi connectivity index (χ2v) is 6.05. The van der Waals surface area contributed by atoms with E-state index < -0.39 is 5.41 Å². The zero-order chi connectivity index (χ0) is 14.2. The first-order chi connectivity index (χ1) is 8.80. The van der Waals surface area contributed by atoms with E-state index in [2.05, 4.69) is 0 Å². The summed E-state index contributed by atoms with van der Waals surface area (Å²) in [4.78, 5) is 12.0. The molecule has 4 heteroatoms. The van der Waals surface area contributed by atoms with Gasteiger partial charge in [-0.1, -0.05) is 44.5 Å². The lowest BCUT2D eigenvalue weighted by molar-refractivity contribution is -0.585. The SMILES string of the molecule is CC(C)(C)C(=O)Cc1cc(Cl)c2ccccc2[n+]1[O-]. The Hall–Kier alpha value is -1.61. The highest BCUT2D eigenvalue weighted by Crippen LogP contribution is 2.23. The van der Waals surface area contributed by atoms with E-state index in [9.17, 15) is 10.0 Å². The minimum Gasteiger partial charge on any atom is -0.618 e. The van der Waals surface area contributed by atoms with E-state index in [-0.39, 0.29) is 12.2 Å². The predicted molar refractivity (Wildman–Crippen MR) is 76.1 cm³/mol. The van der Waals surface area contributed by atoms with Crippen LogP contribution in [0.3, 0.4) is 0 Å². The Morgan fingerprint density at radius 1 is 1.32 bits per heavy atom. The molecule has 0 amide bonds. The number of halogens is 1. The summed E-state index contributed by atoms with van der Waals surface area (Å²) in [6, 6.07) is 8.69. The maximum atomic E-state index is 12.2. The fraction of sp³-hybridized carbons (Fsp3) is 0.333. The Labute approximate surface area is 117 Å². The third-order valence-electron chi connectivity index (χ3n) is 3.11. The molecule has 0 saturated carbocycles. The van der Waals surface area contributed by atoms with Gasteiger partial charge in [-0.15, -0.1) is 0 Å². The van der Waals surface area contributed by atoms with Gasteiger partial charge in [0, 0.05) is 17.5 Å². The highest BCUT2D eigenvalue weighted by Gasteiger charge is 2.25. The number of fused-ring (bicyclic) bond motifs is 1. The van der Waals surface area contributed by atoms with Crippen molar-refractivity contribution in [1.29, 1.82) is 0 Å². The number of hydrogen-bond donors (Lipinski definition) is 0. The summed E-state index contributed by atoms with van der Waals surface area (Å²) in [7, 11) is 0. The van der Waals surface area contributed by atoms with E-state index in [0.717, 1.165) is 4.73 Å². The van der Waals surface area contributed by atoms with Crippen molar-refractivity contribution in [3.8, 4) is 0 Å². The number of para-hydroxylation sites is 1. The number of rotatable bonds is 2. The first-order valence-electron chi connectivity index (χ1n) is 6.13. The smallest absolute Gasteiger partial charge is 0.225 e. The summed E-state index contributed by atoms with van der Waals surface area (Å²) in [5.41, 5.74) is 0.417. The summed E-state index contributed by atoms with van der Waals surface area (Å²) < 4.78 is 0.796. The molecule has 0 atom stereocenters. The van der Waals surface area contributed by atoms with E-state index in [4.69, 9.17) is 11.6 Å². The van der Waals surface area contributed by atoms with Crippen LogP contribution >= 0.6 is 11.6 Å². The molecule has 0 N–H and O–H groups in total. The van der Waals surface area contributed by atoms with Crippen LogP contribution in [0.5, 0.6) is 0 Å². The molecule has 0 aliphatic rings. The molecule has 1 aromatic carbocycles. The summed E-state index contributed by atoms with van der Waals surface area (Å²) in [6.07, 6.45) is 0.0948. The van der Waals surface area contributed by atoms with Gasteiger partial charge in [-0.05, 0) is 6.07 Å². The largest absolute Gasteiger partial charge is 0.618 e. The summed E-state index contributed by atoms with van der Waals surface area (Å²) in [5, 5.41) is 13.4. The Morgan fingerprint density at radius 2 is 1.95 bits per heavy atom. The van der Waals surface area contributed by atoms with Crippen molar-refractivity contribution in [3.05, 3.63) is 46.3 Å². The lowest BCUT2D eigenvalue weighted by Gasteiger charge is -2.16. The number of ketones is 1. The number of carbonyl (C=O) groups excluding carboxylic acids is 1. The van der Waals surface area contributed by atoms with Crippen LogP contribution in [0.25, 0.3) is 10.9 Å². The molecular formula is C15H16ClNO2. The molecule has 0 bridgehead atoms. The molecule has 0 saturated heterocycles. The number of hydrogen-bond acceptors (Lipinski definition) is 2. The number of Topliss-reactive ketones (excluding diaryl/α,β-unsaturated/α-hetero) is 1. The second-order valence-electron chi connectivity index (χ2n) is 5.65. The van der Waals surface area contributed by atoms with E-state index >= 15 is 0 Å². The molecular weight excluding hydrogens is 262 g/mol. The molecule has 0 radical (unpaired) electrons. The van der Waals surface area contributed by atoms with Crippen molar-refractivity contribution in [2.45, 2.75) is 27.2 Å². The molecule has 0 aliphatic heterocycles. The standard InChI is InChI=1S/C15H16ClNO2/c1-15(2,3)14(18)9-10-8-12(16)11-6-4-5-7-13(11)17(10)19/h4-8H,9H2,1-3H3. The van der Waals surface area contributed by atoms with E-state index in [0.29, 0.717) is 21.6 Å². The Kier molecular flexibility index (Phi) is 3.50. The minimum atomic E-state index is -0.467. The van der Waals surface area contributed by atoms with Crippen molar-refractivity contribution in [1.82, 2.24) is 0 Å². The van der Waals surface area contributed by atoms with Crippen molar-refractivity contribution < 1.29 is 9.52 Å². The average Bonchev–Trinajstić information content (AvgIpc) is 2.34. The maximum absolute atomic E-state index is 12.2. The van der Waals surface area contributed by atoms with Gasteiger partial charge in [0.25, 0.3) is 0 Å². The lowest BCUT2D eigenvalue weighted by Crippen LogP contribution is -2.36. The average molecular weight is 278 g/mol. The number of carbonyl (C=O) groups is 1. The predicted octanol–water partition coefficient (Wildman–Crippen LogP) is 3.28. The van der Waals surface area contributed by atoms with Crippen LogP contribution in [0.4, 0.5) is 0 Å². The van der Waals surface area contributed by atoms with Crippen LogP contribution in [-0.4, -0.2) is 5.78 Å². The molecule has 0 unspecified atom stereocenters. The van der Waals surface area contributed by atoms with E-state index in [1.54, 1.807) is 24.3 Å². The molecule has 0 aliphatic carbocycles. The molecule has 2 rings (SSSR count). The van der Waals surface area contributed by atoms with Gasteiger partial charge < -0.3 is 5.21 Å². The first kappa shape index (κ1) is 13.8. The Morgan fingerprint density at radius 3 is 2.58 bits per heavy atom. The molecule has 0 spiro atoms. The number of nitrogens with zero attached hydrogens (tertiary/aromatic N) is 1. The fourth-order valence-electron chi connectivity index (χ4n) is 1.84. The van der Waals surface area contributed by atoms with Crippen LogP contribution in [0, 0.1) is 10.6 Å².